The lowest BCUT2D eigenvalue weighted by Gasteiger charge is -2.10. The monoisotopic (exact) mass is 246 g/mol. The van der Waals surface area contributed by atoms with Gasteiger partial charge in [-0.25, -0.2) is 0 Å². The molecule has 0 saturated carbocycles. The van der Waals surface area contributed by atoms with Crippen LogP contribution >= 0.6 is 0 Å². The van der Waals surface area contributed by atoms with Crippen LogP contribution in [0.25, 0.3) is 11.4 Å². The number of nitrogens with zero attached hydrogens (tertiary/aromatic N) is 2. The van der Waals surface area contributed by atoms with Gasteiger partial charge < -0.3 is 9.63 Å². The van der Waals surface area contributed by atoms with Crippen LogP contribution in [0, 0.1) is 12.8 Å². The molecule has 0 fully saturated rings. The van der Waals surface area contributed by atoms with E-state index >= 15 is 0 Å². The van der Waals surface area contributed by atoms with Gasteiger partial charge >= 0.3 is 0 Å². The summed E-state index contributed by atoms with van der Waals surface area (Å²) < 4.78 is 5.15. The number of hydrogen-bond donors (Lipinski definition) is 1. The maximum absolute atomic E-state index is 9.77. The Hall–Kier alpha value is -1.68. The second-order valence-electron chi connectivity index (χ2n) is 4.89. The van der Waals surface area contributed by atoms with E-state index in [0.717, 1.165) is 5.56 Å². The van der Waals surface area contributed by atoms with Gasteiger partial charge in [0.1, 0.15) is 0 Å². The number of rotatable bonds is 4. The lowest BCUT2D eigenvalue weighted by Crippen LogP contribution is -2.17. The van der Waals surface area contributed by atoms with Crippen molar-refractivity contribution < 1.29 is 9.63 Å². The van der Waals surface area contributed by atoms with Gasteiger partial charge in [-0.2, -0.15) is 4.98 Å². The molecule has 1 atom stereocenters. The highest BCUT2D eigenvalue weighted by Crippen LogP contribution is 2.17. The molecule has 0 radical (unpaired) electrons. The molecule has 96 valence electrons. The van der Waals surface area contributed by atoms with Crippen LogP contribution in [-0.2, 0) is 6.42 Å². The topological polar surface area (TPSA) is 59.2 Å². The van der Waals surface area contributed by atoms with Crippen molar-refractivity contribution >= 4 is 0 Å². The fourth-order valence-corrected chi connectivity index (χ4v) is 1.57. The Kier molecular flexibility index (Phi) is 3.77. The summed E-state index contributed by atoms with van der Waals surface area (Å²) in [7, 11) is 0. The van der Waals surface area contributed by atoms with E-state index < -0.39 is 6.10 Å². The number of aromatic nitrogens is 2. The molecule has 0 aliphatic rings. The summed E-state index contributed by atoms with van der Waals surface area (Å²) in [5.41, 5.74) is 2.12. The standard InChI is InChI=1S/C14H18N2O2/c1-9(2)12(17)8-13-15-14(16-18-13)11-6-4-10(3)5-7-11/h4-7,9,12,17H,8H2,1-3H3. The Balaban J connectivity index is 2.13. The SMILES string of the molecule is Cc1ccc(-c2noc(CC(O)C(C)C)n2)cc1. The van der Waals surface area contributed by atoms with E-state index in [1.807, 2.05) is 45.0 Å². The second kappa shape index (κ2) is 5.31. The van der Waals surface area contributed by atoms with Gasteiger partial charge in [-0.1, -0.05) is 48.8 Å². The van der Waals surface area contributed by atoms with E-state index in [4.69, 9.17) is 4.52 Å². The molecule has 1 aromatic heterocycles. The van der Waals surface area contributed by atoms with E-state index in [0.29, 0.717) is 18.1 Å². The Morgan fingerprint density at radius 2 is 1.89 bits per heavy atom. The Morgan fingerprint density at radius 3 is 2.50 bits per heavy atom. The summed E-state index contributed by atoms with van der Waals surface area (Å²) in [6.45, 7) is 5.95. The van der Waals surface area contributed by atoms with Gasteiger partial charge in [-0.15, -0.1) is 0 Å². The molecule has 1 heterocycles. The molecular formula is C14H18N2O2. The normalized spacial score (nSPS) is 12.9. The number of hydrogen-bond acceptors (Lipinski definition) is 4. The molecule has 1 N–H and O–H groups in total. The average molecular weight is 246 g/mol. The van der Waals surface area contributed by atoms with Crippen molar-refractivity contribution in [1.29, 1.82) is 0 Å². The van der Waals surface area contributed by atoms with Gasteiger partial charge in [0.2, 0.25) is 11.7 Å². The first kappa shape index (κ1) is 12.8. The first-order valence-electron chi connectivity index (χ1n) is 6.14. The molecule has 0 aliphatic heterocycles. The fourth-order valence-electron chi connectivity index (χ4n) is 1.57. The Labute approximate surface area is 107 Å². The zero-order chi connectivity index (χ0) is 13.1. The van der Waals surface area contributed by atoms with Crippen molar-refractivity contribution in [2.75, 3.05) is 0 Å². The Morgan fingerprint density at radius 1 is 1.22 bits per heavy atom. The molecular weight excluding hydrogens is 228 g/mol. The first-order chi connectivity index (χ1) is 8.56. The van der Waals surface area contributed by atoms with Crippen LogP contribution in [0.15, 0.2) is 28.8 Å². The zero-order valence-corrected chi connectivity index (χ0v) is 10.9. The minimum absolute atomic E-state index is 0.180. The van der Waals surface area contributed by atoms with Crippen LogP contribution < -0.4 is 0 Å². The highest BCUT2D eigenvalue weighted by Gasteiger charge is 2.15. The third-order valence-electron chi connectivity index (χ3n) is 2.93. The van der Waals surface area contributed by atoms with Crippen molar-refractivity contribution in [3.8, 4) is 11.4 Å². The molecule has 0 aliphatic carbocycles. The summed E-state index contributed by atoms with van der Waals surface area (Å²) in [5.74, 6) is 1.23. The molecule has 4 nitrogen and oxygen atoms in total. The lowest BCUT2D eigenvalue weighted by molar-refractivity contribution is 0.116. The quantitative estimate of drug-likeness (QED) is 0.900. The lowest BCUT2D eigenvalue weighted by atomic mass is 10.0. The maximum atomic E-state index is 9.77. The number of aliphatic hydroxyl groups is 1. The molecule has 18 heavy (non-hydrogen) atoms. The molecule has 0 amide bonds. The van der Waals surface area contributed by atoms with Crippen molar-refractivity contribution in [3.63, 3.8) is 0 Å². The molecule has 4 heteroatoms. The highest BCUT2D eigenvalue weighted by atomic mass is 16.5. The Bertz CT molecular complexity index is 503. The highest BCUT2D eigenvalue weighted by molar-refractivity contribution is 5.54. The van der Waals surface area contributed by atoms with Crippen molar-refractivity contribution in [2.24, 2.45) is 5.92 Å². The minimum Gasteiger partial charge on any atom is -0.392 e. The van der Waals surface area contributed by atoms with Gasteiger partial charge in [0.25, 0.3) is 0 Å². The van der Waals surface area contributed by atoms with Crippen molar-refractivity contribution in [2.45, 2.75) is 33.3 Å². The summed E-state index contributed by atoms with van der Waals surface area (Å²) in [6.07, 6.45) is -0.0485. The zero-order valence-electron chi connectivity index (χ0n) is 10.9. The van der Waals surface area contributed by atoms with Crippen molar-refractivity contribution in [3.05, 3.63) is 35.7 Å². The number of benzene rings is 1. The number of aryl methyl sites for hydroxylation is 1. The predicted molar refractivity (Wildman–Crippen MR) is 69.0 cm³/mol. The van der Waals surface area contributed by atoms with E-state index in [-0.39, 0.29) is 5.92 Å². The summed E-state index contributed by atoms with van der Waals surface area (Å²) in [4.78, 5) is 4.29. The van der Waals surface area contributed by atoms with Crippen LogP contribution in [0.2, 0.25) is 0 Å². The van der Waals surface area contributed by atoms with Crippen LogP contribution in [0.3, 0.4) is 0 Å². The molecule has 2 aromatic rings. The fraction of sp³-hybridized carbons (Fsp3) is 0.429. The summed E-state index contributed by atoms with van der Waals surface area (Å²) >= 11 is 0. The third-order valence-corrected chi connectivity index (χ3v) is 2.93. The van der Waals surface area contributed by atoms with Gasteiger partial charge in [0.05, 0.1) is 12.5 Å². The minimum atomic E-state index is -0.448. The summed E-state index contributed by atoms with van der Waals surface area (Å²) in [5, 5.41) is 13.7. The largest absolute Gasteiger partial charge is 0.392 e. The molecule has 1 unspecified atom stereocenters. The van der Waals surface area contributed by atoms with E-state index in [2.05, 4.69) is 10.1 Å². The van der Waals surface area contributed by atoms with E-state index in [1.54, 1.807) is 0 Å². The van der Waals surface area contributed by atoms with Gasteiger partial charge in [-0.05, 0) is 12.8 Å². The predicted octanol–water partition coefficient (Wildman–Crippen LogP) is 2.60. The van der Waals surface area contributed by atoms with Crippen LogP contribution in [0.4, 0.5) is 0 Å². The van der Waals surface area contributed by atoms with Gasteiger partial charge in [-0.3, -0.25) is 0 Å². The molecule has 2 rings (SSSR count). The van der Waals surface area contributed by atoms with Gasteiger partial charge in [0, 0.05) is 5.56 Å². The molecule has 0 spiro atoms. The molecule has 0 bridgehead atoms. The average Bonchev–Trinajstić information content (AvgIpc) is 2.78. The van der Waals surface area contributed by atoms with Crippen LogP contribution in [0.1, 0.15) is 25.3 Å². The molecule has 0 saturated heterocycles. The van der Waals surface area contributed by atoms with Crippen molar-refractivity contribution in [1.82, 2.24) is 10.1 Å². The van der Waals surface area contributed by atoms with Crippen LogP contribution in [-0.4, -0.2) is 21.4 Å². The van der Waals surface area contributed by atoms with Gasteiger partial charge in [0.15, 0.2) is 0 Å². The smallest absolute Gasteiger partial charge is 0.229 e. The summed E-state index contributed by atoms with van der Waals surface area (Å²) in [6, 6.07) is 7.94. The third kappa shape index (κ3) is 2.96. The van der Waals surface area contributed by atoms with Crippen LogP contribution in [0.5, 0.6) is 0 Å². The van der Waals surface area contributed by atoms with E-state index in [9.17, 15) is 5.11 Å². The second-order valence-corrected chi connectivity index (χ2v) is 4.89. The van der Waals surface area contributed by atoms with E-state index in [1.165, 1.54) is 5.56 Å². The molecule has 1 aromatic carbocycles. The first-order valence-corrected chi connectivity index (χ1v) is 6.14. The number of aliphatic hydroxyl groups excluding tert-OH is 1. The maximum Gasteiger partial charge on any atom is 0.229 e.